The van der Waals surface area contributed by atoms with Gasteiger partial charge in [0.2, 0.25) is 5.75 Å². The van der Waals surface area contributed by atoms with Gasteiger partial charge in [-0.25, -0.2) is 0 Å². The second-order valence-electron chi connectivity index (χ2n) is 5.50. The van der Waals surface area contributed by atoms with Crippen LogP contribution in [0.4, 0.5) is 11.4 Å². The first-order valence-corrected chi connectivity index (χ1v) is 8.54. The van der Waals surface area contributed by atoms with E-state index in [0.29, 0.717) is 11.4 Å². The van der Waals surface area contributed by atoms with Crippen molar-refractivity contribution in [2.24, 2.45) is 0 Å². The predicted molar refractivity (Wildman–Crippen MR) is 103 cm³/mol. The second-order valence-corrected chi connectivity index (χ2v) is 6.41. The summed E-state index contributed by atoms with van der Waals surface area (Å²) < 4.78 is 6.37. The van der Waals surface area contributed by atoms with E-state index in [4.69, 9.17) is 4.74 Å². The summed E-state index contributed by atoms with van der Waals surface area (Å²) in [7, 11) is 0. The number of nitrogens with zero attached hydrogens (tertiary/aromatic N) is 1. The van der Waals surface area contributed by atoms with Gasteiger partial charge in [0.05, 0.1) is 4.92 Å². The molecule has 3 aromatic carbocycles. The summed E-state index contributed by atoms with van der Waals surface area (Å²) in [5.74, 6) is -0.109. The van der Waals surface area contributed by atoms with Crippen molar-refractivity contribution >= 4 is 33.2 Å². The number of rotatable bonds is 5. The maximum Gasteiger partial charge on any atom is 0.312 e. The molecule has 0 bridgehead atoms. The lowest BCUT2D eigenvalue weighted by Crippen LogP contribution is -2.12. The van der Waals surface area contributed by atoms with Crippen LogP contribution in [0.3, 0.4) is 0 Å². The zero-order valence-electron chi connectivity index (χ0n) is 13.8. The van der Waals surface area contributed by atoms with Gasteiger partial charge in [-0.1, -0.05) is 15.9 Å². The fourth-order valence-corrected chi connectivity index (χ4v) is 2.53. The van der Waals surface area contributed by atoms with Crippen molar-refractivity contribution in [1.29, 1.82) is 0 Å². The maximum absolute atomic E-state index is 12.4. The van der Waals surface area contributed by atoms with Crippen LogP contribution >= 0.6 is 15.9 Å². The summed E-state index contributed by atoms with van der Waals surface area (Å²) in [6.07, 6.45) is 0. The fraction of sp³-hybridized carbons (Fsp3) is 0. The van der Waals surface area contributed by atoms with E-state index >= 15 is 0 Å². The van der Waals surface area contributed by atoms with Crippen LogP contribution in [0.1, 0.15) is 10.4 Å². The Morgan fingerprint density at radius 3 is 2.33 bits per heavy atom. The van der Waals surface area contributed by atoms with E-state index in [1.54, 1.807) is 24.3 Å². The van der Waals surface area contributed by atoms with Gasteiger partial charge in [0.15, 0.2) is 0 Å². The van der Waals surface area contributed by atoms with Crippen molar-refractivity contribution in [1.82, 2.24) is 0 Å². The van der Waals surface area contributed by atoms with E-state index in [9.17, 15) is 20.0 Å². The van der Waals surface area contributed by atoms with E-state index in [1.165, 1.54) is 36.4 Å². The van der Waals surface area contributed by atoms with Crippen molar-refractivity contribution in [2.75, 3.05) is 5.32 Å². The molecular formula is C19H13BrN2O5. The van der Waals surface area contributed by atoms with Crippen LogP contribution in [-0.2, 0) is 0 Å². The number of carbonyl (C=O) groups is 1. The lowest BCUT2D eigenvalue weighted by atomic mass is 10.1. The first kappa shape index (κ1) is 18.4. The summed E-state index contributed by atoms with van der Waals surface area (Å²) in [6.45, 7) is 0. The number of nitrogens with one attached hydrogen (secondary N) is 1. The molecule has 27 heavy (non-hydrogen) atoms. The molecule has 8 heteroatoms. The van der Waals surface area contributed by atoms with Crippen molar-refractivity contribution in [3.63, 3.8) is 0 Å². The Labute approximate surface area is 162 Å². The van der Waals surface area contributed by atoms with Crippen LogP contribution < -0.4 is 10.1 Å². The third kappa shape index (κ3) is 4.62. The molecule has 0 aliphatic heterocycles. The Morgan fingerprint density at radius 2 is 1.70 bits per heavy atom. The van der Waals surface area contributed by atoms with E-state index in [2.05, 4.69) is 21.2 Å². The SMILES string of the molecule is O=C(Nc1ccc(Br)cc1)c1ccc(Oc2ccc(O)cc2)c([N+](=O)[O-])c1. The molecule has 3 aromatic rings. The highest BCUT2D eigenvalue weighted by atomic mass is 79.9. The number of ether oxygens (including phenoxy) is 1. The number of hydrogen-bond donors (Lipinski definition) is 2. The summed E-state index contributed by atoms with van der Waals surface area (Å²) in [6, 6.07) is 16.7. The minimum atomic E-state index is -0.619. The van der Waals surface area contributed by atoms with Gasteiger partial charge in [-0.3, -0.25) is 14.9 Å². The number of benzene rings is 3. The van der Waals surface area contributed by atoms with Gasteiger partial charge in [0.25, 0.3) is 5.91 Å². The first-order valence-electron chi connectivity index (χ1n) is 7.74. The summed E-state index contributed by atoms with van der Waals surface area (Å²) in [5, 5.41) is 23.3. The highest BCUT2D eigenvalue weighted by Crippen LogP contribution is 2.33. The average Bonchev–Trinajstić information content (AvgIpc) is 2.65. The van der Waals surface area contributed by atoms with Crippen molar-refractivity contribution < 1.29 is 19.6 Å². The standard InChI is InChI=1S/C19H13BrN2O5/c20-13-2-4-14(5-3-13)21-19(24)12-1-10-18(17(11-12)22(25)26)27-16-8-6-15(23)7-9-16/h1-11,23H,(H,21,24). The van der Waals surface area contributed by atoms with Gasteiger partial charge in [-0.05, 0) is 60.7 Å². The molecule has 0 saturated carbocycles. The number of phenolic OH excluding ortho intramolecular Hbond substituents is 1. The van der Waals surface area contributed by atoms with E-state index in [1.807, 2.05) is 0 Å². The Kier molecular flexibility index (Phi) is 5.37. The van der Waals surface area contributed by atoms with Crippen molar-refractivity contribution in [2.45, 2.75) is 0 Å². The van der Waals surface area contributed by atoms with Gasteiger partial charge >= 0.3 is 5.69 Å². The van der Waals surface area contributed by atoms with Crippen LogP contribution in [0.15, 0.2) is 71.2 Å². The Bertz CT molecular complexity index is 988. The number of hydrogen-bond acceptors (Lipinski definition) is 5. The molecule has 0 unspecified atom stereocenters. The number of halogens is 1. The largest absolute Gasteiger partial charge is 0.508 e. The van der Waals surface area contributed by atoms with Gasteiger partial charge in [-0.2, -0.15) is 0 Å². The maximum atomic E-state index is 12.4. The number of anilines is 1. The molecule has 0 aliphatic rings. The molecule has 0 atom stereocenters. The first-order chi connectivity index (χ1) is 12.9. The number of amides is 1. The normalized spacial score (nSPS) is 10.3. The lowest BCUT2D eigenvalue weighted by molar-refractivity contribution is -0.385. The topological polar surface area (TPSA) is 102 Å². The Hall–Kier alpha value is -3.39. The van der Waals surface area contributed by atoms with Crippen LogP contribution in [0.25, 0.3) is 0 Å². The summed E-state index contributed by atoms with van der Waals surface area (Å²) in [5.41, 5.74) is 0.351. The minimum absolute atomic E-state index is 0.00844. The molecular weight excluding hydrogens is 416 g/mol. The van der Waals surface area contributed by atoms with E-state index < -0.39 is 10.8 Å². The molecule has 2 N–H and O–H groups in total. The van der Waals surface area contributed by atoms with Gasteiger partial charge in [-0.15, -0.1) is 0 Å². The Balaban J connectivity index is 1.84. The van der Waals surface area contributed by atoms with Crippen molar-refractivity contribution in [3.8, 4) is 17.2 Å². The van der Waals surface area contributed by atoms with Crippen LogP contribution in [0, 0.1) is 10.1 Å². The molecule has 0 saturated heterocycles. The van der Waals surface area contributed by atoms with Crippen LogP contribution in [0.2, 0.25) is 0 Å². The molecule has 1 amide bonds. The Morgan fingerprint density at radius 1 is 1.04 bits per heavy atom. The molecule has 0 radical (unpaired) electrons. The molecule has 0 aromatic heterocycles. The van der Waals surface area contributed by atoms with E-state index in [-0.39, 0.29) is 22.7 Å². The molecule has 0 aliphatic carbocycles. The molecule has 3 rings (SSSR count). The minimum Gasteiger partial charge on any atom is -0.508 e. The monoisotopic (exact) mass is 428 g/mol. The highest BCUT2D eigenvalue weighted by Gasteiger charge is 2.19. The number of aromatic hydroxyl groups is 1. The van der Waals surface area contributed by atoms with Crippen molar-refractivity contribution in [3.05, 3.63) is 86.9 Å². The summed E-state index contributed by atoms with van der Waals surface area (Å²) >= 11 is 3.31. The van der Waals surface area contributed by atoms with Gasteiger partial charge in [0.1, 0.15) is 11.5 Å². The van der Waals surface area contributed by atoms with Crippen LogP contribution in [-0.4, -0.2) is 15.9 Å². The second kappa shape index (κ2) is 7.88. The summed E-state index contributed by atoms with van der Waals surface area (Å²) in [4.78, 5) is 23.1. The predicted octanol–water partition coefficient (Wildman–Crippen LogP) is 5.11. The smallest absolute Gasteiger partial charge is 0.312 e. The number of nitro benzene ring substituents is 1. The third-order valence-corrected chi connectivity index (χ3v) is 4.11. The molecule has 0 fully saturated rings. The van der Waals surface area contributed by atoms with Gasteiger partial charge < -0.3 is 15.2 Å². The number of nitro groups is 1. The lowest BCUT2D eigenvalue weighted by Gasteiger charge is -2.09. The number of phenols is 1. The molecule has 136 valence electrons. The zero-order chi connectivity index (χ0) is 19.4. The molecule has 0 spiro atoms. The van der Waals surface area contributed by atoms with E-state index in [0.717, 1.165) is 10.5 Å². The quantitative estimate of drug-likeness (QED) is 0.434. The fourth-order valence-electron chi connectivity index (χ4n) is 2.27. The third-order valence-electron chi connectivity index (χ3n) is 3.58. The highest BCUT2D eigenvalue weighted by molar-refractivity contribution is 9.10. The number of carbonyl (C=O) groups excluding carboxylic acids is 1. The van der Waals surface area contributed by atoms with Crippen LogP contribution in [0.5, 0.6) is 17.2 Å². The molecule has 7 nitrogen and oxygen atoms in total. The molecule has 0 heterocycles. The van der Waals surface area contributed by atoms with Gasteiger partial charge in [0, 0.05) is 21.8 Å². The zero-order valence-corrected chi connectivity index (χ0v) is 15.3. The average molecular weight is 429 g/mol.